The summed E-state index contributed by atoms with van der Waals surface area (Å²) in [5.74, 6) is -0.948. The zero-order chi connectivity index (χ0) is 12.5. The molecule has 0 bridgehead atoms. The molecule has 86 valence electrons. The van der Waals surface area contributed by atoms with E-state index in [0.29, 0.717) is 6.20 Å². The van der Waals surface area contributed by atoms with Crippen molar-refractivity contribution in [3.05, 3.63) is 17.5 Å². The van der Waals surface area contributed by atoms with Crippen LogP contribution in [0.25, 0.3) is 0 Å². The first-order valence-electron chi connectivity index (χ1n) is 3.63. The first-order valence-corrected chi connectivity index (χ1v) is 5.94. The van der Waals surface area contributed by atoms with Crippen LogP contribution in [0.15, 0.2) is 11.1 Å². The predicted octanol–water partition coefficient (Wildman–Crippen LogP) is 1.52. The van der Waals surface area contributed by atoms with Crippen LogP contribution in [-0.2, 0) is 9.05 Å². The number of nitrogens with zero attached hydrogens (tertiary/aromatic N) is 2. The van der Waals surface area contributed by atoms with Crippen LogP contribution in [0.1, 0.15) is 17.7 Å². The van der Waals surface area contributed by atoms with Gasteiger partial charge >= 0.3 is 0 Å². The van der Waals surface area contributed by atoms with Crippen molar-refractivity contribution >= 4 is 19.7 Å². The van der Waals surface area contributed by atoms with E-state index in [9.17, 15) is 17.2 Å². The van der Waals surface area contributed by atoms with Crippen LogP contribution in [0, 0.1) is 11.3 Å². The first-order chi connectivity index (χ1) is 7.29. The summed E-state index contributed by atoms with van der Waals surface area (Å²) < 4.78 is 46.7. The lowest BCUT2D eigenvalue weighted by Crippen LogP contribution is -2.03. The van der Waals surface area contributed by atoms with Gasteiger partial charge in [-0.2, -0.15) is 5.26 Å². The van der Waals surface area contributed by atoms with Crippen molar-refractivity contribution in [3.8, 4) is 11.8 Å². The van der Waals surface area contributed by atoms with Crippen molar-refractivity contribution in [3.63, 3.8) is 0 Å². The molecule has 0 amide bonds. The molecule has 0 unspecified atom stereocenters. The Balaban J connectivity index is 3.74. The molecule has 0 aliphatic heterocycles. The van der Waals surface area contributed by atoms with Crippen molar-refractivity contribution in [2.45, 2.75) is 11.3 Å². The van der Waals surface area contributed by atoms with Crippen LogP contribution < -0.4 is 0 Å². The predicted molar refractivity (Wildman–Crippen MR) is 48.6 cm³/mol. The maximum atomic E-state index is 12.4. The fourth-order valence-corrected chi connectivity index (χ4v) is 2.18. The summed E-state index contributed by atoms with van der Waals surface area (Å²) in [5, 5.41) is 17.7. The third kappa shape index (κ3) is 2.20. The minimum absolute atomic E-state index is 0.498. The van der Waals surface area contributed by atoms with Gasteiger partial charge in [0, 0.05) is 10.7 Å². The van der Waals surface area contributed by atoms with Crippen LogP contribution in [-0.4, -0.2) is 18.5 Å². The van der Waals surface area contributed by atoms with Crippen LogP contribution in [0.2, 0.25) is 0 Å². The second kappa shape index (κ2) is 4.19. The molecule has 9 heteroatoms. The molecule has 1 aromatic heterocycles. The van der Waals surface area contributed by atoms with Gasteiger partial charge in [0.15, 0.2) is 5.75 Å². The normalized spacial score (nSPS) is 11.4. The zero-order valence-corrected chi connectivity index (χ0v) is 8.93. The van der Waals surface area contributed by atoms with Gasteiger partial charge in [-0.25, -0.2) is 22.2 Å². The van der Waals surface area contributed by atoms with Crippen LogP contribution in [0.3, 0.4) is 0 Å². The van der Waals surface area contributed by atoms with E-state index in [1.807, 2.05) is 0 Å². The van der Waals surface area contributed by atoms with Crippen molar-refractivity contribution in [1.82, 2.24) is 4.98 Å². The lowest BCUT2D eigenvalue weighted by Gasteiger charge is -2.06. The number of aromatic hydroxyl groups is 1. The molecule has 1 heterocycles. The second-order valence-corrected chi connectivity index (χ2v) is 5.09. The third-order valence-electron chi connectivity index (χ3n) is 1.60. The minimum Gasteiger partial charge on any atom is -0.505 e. The van der Waals surface area contributed by atoms with E-state index in [1.165, 1.54) is 6.07 Å². The Morgan fingerprint density at radius 1 is 1.56 bits per heavy atom. The number of hydrogen-bond donors (Lipinski definition) is 1. The summed E-state index contributed by atoms with van der Waals surface area (Å²) >= 11 is 0. The van der Waals surface area contributed by atoms with E-state index in [0.717, 1.165) is 0 Å². The summed E-state index contributed by atoms with van der Waals surface area (Å²) in [6, 6.07) is 1.23. The third-order valence-corrected chi connectivity index (χ3v) is 2.97. The summed E-state index contributed by atoms with van der Waals surface area (Å²) in [5.41, 5.74) is -2.00. The number of aromatic nitrogens is 1. The Bertz CT molecular complexity index is 568. The highest BCUT2D eigenvalue weighted by Gasteiger charge is 2.27. The Hall–Kier alpha value is -1.46. The molecular formula is C7H3ClF2N2O3S. The molecule has 5 nitrogen and oxygen atoms in total. The van der Waals surface area contributed by atoms with Crippen LogP contribution in [0.5, 0.6) is 5.75 Å². The molecule has 1 N–H and O–H groups in total. The van der Waals surface area contributed by atoms with Crippen molar-refractivity contribution < 1.29 is 22.3 Å². The quantitative estimate of drug-likeness (QED) is 0.821. The topological polar surface area (TPSA) is 91.0 Å². The monoisotopic (exact) mass is 268 g/mol. The molecule has 0 aliphatic carbocycles. The molecule has 16 heavy (non-hydrogen) atoms. The molecule has 1 rings (SSSR count). The van der Waals surface area contributed by atoms with E-state index in [-0.39, 0.29) is 0 Å². The molecule has 0 saturated carbocycles. The largest absolute Gasteiger partial charge is 0.505 e. The van der Waals surface area contributed by atoms with Gasteiger partial charge in [-0.1, -0.05) is 0 Å². The highest BCUT2D eigenvalue weighted by Crippen LogP contribution is 2.33. The molecule has 0 fully saturated rings. The van der Waals surface area contributed by atoms with E-state index >= 15 is 0 Å². The lowest BCUT2D eigenvalue weighted by atomic mass is 10.2. The smallest absolute Gasteiger partial charge is 0.281 e. The van der Waals surface area contributed by atoms with Crippen molar-refractivity contribution in [1.29, 1.82) is 5.26 Å². The lowest BCUT2D eigenvalue weighted by molar-refractivity contribution is 0.145. The van der Waals surface area contributed by atoms with Gasteiger partial charge in [0.2, 0.25) is 0 Å². The molecule has 0 aromatic carbocycles. The van der Waals surface area contributed by atoms with E-state index < -0.39 is 37.4 Å². The molecule has 1 aromatic rings. The fourth-order valence-electron chi connectivity index (χ4n) is 1.02. The average Bonchev–Trinajstić information content (AvgIpc) is 2.14. The Morgan fingerprint density at radius 2 is 2.12 bits per heavy atom. The summed E-state index contributed by atoms with van der Waals surface area (Å²) in [6.07, 6.45) is -2.65. The van der Waals surface area contributed by atoms with Crippen molar-refractivity contribution in [2.24, 2.45) is 0 Å². The van der Waals surface area contributed by atoms with Gasteiger partial charge < -0.3 is 5.11 Å². The number of pyridine rings is 1. The van der Waals surface area contributed by atoms with Gasteiger partial charge in [0.05, 0.1) is 6.20 Å². The fraction of sp³-hybridized carbons (Fsp3) is 0.143. The molecule has 0 atom stereocenters. The number of hydrogen-bond acceptors (Lipinski definition) is 5. The first kappa shape index (κ1) is 12.6. The van der Waals surface area contributed by atoms with Gasteiger partial charge in [-0.3, -0.25) is 0 Å². The summed E-state index contributed by atoms with van der Waals surface area (Å²) in [7, 11) is 0.407. The molecule has 0 spiro atoms. The van der Waals surface area contributed by atoms with E-state index in [2.05, 4.69) is 4.98 Å². The van der Waals surface area contributed by atoms with Crippen LogP contribution >= 0.6 is 10.7 Å². The Kier molecular flexibility index (Phi) is 3.30. The number of halogens is 3. The second-order valence-electron chi connectivity index (χ2n) is 2.58. The number of alkyl halides is 2. The van der Waals surface area contributed by atoms with Crippen molar-refractivity contribution in [2.75, 3.05) is 0 Å². The maximum Gasteiger partial charge on any atom is 0.281 e. The maximum absolute atomic E-state index is 12.4. The van der Waals surface area contributed by atoms with Gasteiger partial charge in [-0.05, 0) is 0 Å². The van der Waals surface area contributed by atoms with Gasteiger partial charge in [0.25, 0.3) is 15.5 Å². The minimum atomic E-state index is -4.51. The Labute approximate surface area is 93.3 Å². The Morgan fingerprint density at radius 3 is 2.50 bits per heavy atom. The van der Waals surface area contributed by atoms with Gasteiger partial charge in [-0.15, -0.1) is 0 Å². The zero-order valence-electron chi connectivity index (χ0n) is 7.35. The molecule has 0 saturated heterocycles. The molecule has 0 aliphatic rings. The standard InChI is InChI=1S/C7H3ClF2N2O3S/c8-16(14,15)6-3(1-11)5(7(9)10)12-2-4(6)13/h2,7,13H. The van der Waals surface area contributed by atoms with Crippen LogP contribution in [0.4, 0.5) is 8.78 Å². The van der Waals surface area contributed by atoms with E-state index in [4.69, 9.17) is 21.1 Å². The van der Waals surface area contributed by atoms with E-state index in [1.54, 1.807) is 0 Å². The molecule has 0 radical (unpaired) electrons. The summed E-state index contributed by atoms with van der Waals surface area (Å²) in [6.45, 7) is 0. The summed E-state index contributed by atoms with van der Waals surface area (Å²) in [4.78, 5) is 2.02. The van der Waals surface area contributed by atoms with Gasteiger partial charge in [0.1, 0.15) is 22.2 Å². The SMILES string of the molecule is N#Cc1c(C(F)F)ncc(O)c1S(=O)(=O)Cl. The average molecular weight is 269 g/mol. The molecular weight excluding hydrogens is 266 g/mol. The number of nitriles is 1. The highest BCUT2D eigenvalue weighted by atomic mass is 35.7. The number of rotatable bonds is 2. The highest BCUT2D eigenvalue weighted by molar-refractivity contribution is 8.13.